The maximum absolute atomic E-state index is 11.3. The fourth-order valence-electron chi connectivity index (χ4n) is 1.52. The number of amides is 1. The first kappa shape index (κ1) is 10.5. The Bertz CT molecular complexity index is 416. The van der Waals surface area contributed by atoms with Crippen LogP contribution in [0.4, 0.5) is 5.69 Å². The lowest BCUT2D eigenvalue weighted by Crippen LogP contribution is -2.55. The van der Waals surface area contributed by atoms with E-state index in [0.29, 0.717) is 10.7 Å². The van der Waals surface area contributed by atoms with E-state index in [9.17, 15) is 9.59 Å². The lowest BCUT2D eigenvalue weighted by atomic mass is 10.0. The van der Waals surface area contributed by atoms with Crippen molar-refractivity contribution in [1.82, 2.24) is 0 Å². The molecule has 0 spiro atoms. The minimum atomic E-state index is -0.527. The Kier molecular flexibility index (Phi) is 2.67. The zero-order valence-electron chi connectivity index (χ0n) is 7.61. The molecule has 1 fully saturated rings. The van der Waals surface area contributed by atoms with Crippen molar-refractivity contribution in [2.45, 2.75) is 12.5 Å². The van der Waals surface area contributed by atoms with E-state index in [-0.39, 0.29) is 12.3 Å². The van der Waals surface area contributed by atoms with E-state index in [2.05, 4.69) is 0 Å². The molecule has 78 valence electrons. The number of carbonyl (C=O) groups excluding carboxylic acids is 2. The van der Waals surface area contributed by atoms with Gasteiger partial charge in [0.05, 0.1) is 6.42 Å². The van der Waals surface area contributed by atoms with Crippen molar-refractivity contribution in [2.24, 2.45) is 0 Å². The summed E-state index contributed by atoms with van der Waals surface area (Å²) in [6, 6.07) is 6.18. The van der Waals surface area contributed by atoms with Gasteiger partial charge in [0.25, 0.3) is 0 Å². The average Bonchev–Trinajstić information content (AvgIpc) is 2.17. The van der Waals surface area contributed by atoms with Crippen LogP contribution < -0.4 is 4.90 Å². The third kappa shape index (κ3) is 1.85. The molecular weight excluding hydrogens is 237 g/mol. The third-order valence-electron chi connectivity index (χ3n) is 2.32. The van der Waals surface area contributed by atoms with Crippen LogP contribution in [0.25, 0.3) is 0 Å². The highest BCUT2D eigenvalue weighted by Gasteiger charge is 2.41. The minimum absolute atomic E-state index is 0.101. The smallest absolute Gasteiger partial charge is 0.245 e. The van der Waals surface area contributed by atoms with Gasteiger partial charge >= 0.3 is 0 Å². The van der Waals surface area contributed by atoms with Gasteiger partial charge in [-0.15, -0.1) is 0 Å². The predicted molar refractivity (Wildman–Crippen MR) is 58.2 cm³/mol. The number of benzene rings is 1. The summed E-state index contributed by atoms with van der Waals surface area (Å²) in [7, 11) is 0. The molecule has 1 aromatic rings. The maximum Gasteiger partial charge on any atom is 0.245 e. The van der Waals surface area contributed by atoms with E-state index in [1.807, 2.05) is 0 Å². The van der Waals surface area contributed by atoms with Crippen molar-refractivity contribution in [3.05, 3.63) is 29.3 Å². The summed E-state index contributed by atoms with van der Waals surface area (Å²) in [6.45, 7) is 0. The molecule has 1 aliphatic heterocycles. The average molecular weight is 244 g/mol. The van der Waals surface area contributed by atoms with Crippen LogP contribution in [0.3, 0.4) is 0 Å². The van der Waals surface area contributed by atoms with E-state index in [4.69, 9.17) is 23.2 Å². The number of β-lactam (4-membered cyclic amide) rings is 1. The molecule has 1 aliphatic rings. The number of hydrogen-bond acceptors (Lipinski definition) is 2. The highest BCUT2D eigenvalue weighted by Crippen LogP contribution is 2.29. The van der Waals surface area contributed by atoms with E-state index in [0.717, 1.165) is 0 Å². The van der Waals surface area contributed by atoms with Crippen LogP contribution in [0.15, 0.2) is 24.3 Å². The Morgan fingerprint density at radius 1 is 1.33 bits per heavy atom. The number of anilines is 1. The molecule has 1 unspecified atom stereocenters. The molecule has 0 saturated carbocycles. The van der Waals surface area contributed by atoms with Crippen LogP contribution in [-0.2, 0) is 9.59 Å². The van der Waals surface area contributed by atoms with Gasteiger partial charge in [0.2, 0.25) is 11.1 Å². The summed E-state index contributed by atoms with van der Waals surface area (Å²) in [5.74, 6) is -0.101. The van der Waals surface area contributed by atoms with Gasteiger partial charge in [-0.05, 0) is 35.9 Å². The fraction of sp³-hybridized carbons (Fsp3) is 0.200. The van der Waals surface area contributed by atoms with Crippen molar-refractivity contribution < 1.29 is 9.59 Å². The molecule has 1 heterocycles. The van der Waals surface area contributed by atoms with Gasteiger partial charge < -0.3 is 0 Å². The molecule has 0 aromatic heterocycles. The largest absolute Gasteiger partial charge is 0.300 e. The Balaban J connectivity index is 2.26. The second-order valence-electron chi connectivity index (χ2n) is 3.26. The number of rotatable bonds is 2. The number of hydrogen-bond donors (Lipinski definition) is 0. The van der Waals surface area contributed by atoms with Crippen LogP contribution >= 0.6 is 23.2 Å². The van der Waals surface area contributed by atoms with Crippen LogP contribution in [0, 0.1) is 0 Å². The highest BCUT2D eigenvalue weighted by atomic mass is 35.5. The zero-order valence-corrected chi connectivity index (χ0v) is 9.13. The Labute approximate surface area is 96.6 Å². The Morgan fingerprint density at radius 3 is 2.40 bits per heavy atom. The molecule has 0 aliphatic carbocycles. The number of carbonyl (C=O) groups is 2. The first-order chi connectivity index (χ1) is 7.09. The summed E-state index contributed by atoms with van der Waals surface area (Å²) >= 11 is 11.1. The van der Waals surface area contributed by atoms with Gasteiger partial charge in [-0.3, -0.25) is 14.5 Å². The molecule has 1 aromatic carbocycles. The molecule has 3 nitrogen and oxygen atoms in total. The van der Waals surface area contributed by atoms with Gasteiger partial charge in [0.15, 0.2) is 0 Å². The first-order valence-corrected chi connectivity index (χ1v) is 5.12. The van der Waals surface area contributed by atoms with Crippen LogP contribution in [-0.4, -0.2) is 17.2 Å². The fourth-order valence-corrected chi connectivity index (χ4v) is 1.82. The monoisotopic (exact) mass is 243 g/mol. The normalized spacial score (nSPS) is 20.0. The topological polar surface area (TPSA) is 37.4 Å². The molecule has 2 rings (SSSR count). The standard InChI is InChI=1S/C10H7Cl2NO2/c11-6-1-3-7(4-2-6)13-8(10(12)15)5-9(13)14/h1-4,8H,5H2. The Hall–Kier alpha value is -1.06. The van der Waals surface area contributed by atoms with Crippen molar-refractivity contribution in [1.29, 1.82) is 0 Å². The van der Waals surface area contributed by atoms with Crippen molar-refractivity contribution in [3.63, 3.8) is 0 Å². The molecule has 0 radical (unpaired) electrons. The molecular formula is C10H7Cl2NO2. The SMILES string of the molecule is O=C(Cl)C1CC(=O)N1c1ccc(Cl)cc1. The Morgan fingerprint density at radius 2 is 1.93 bits per heavy atom. The van der Waals surface area contributed by atoms with E-state index in [1.54, 1.807) is 24.3 Å². The predicted octanol–water partition coefficient (Wildman–Crippen LogP) is 2.21. The van der Waals surface area contributed by atoms with Crippen LogP contribution in [0.2, 0.25) is 5.02 Å². The summed E-state index contributed by atoms with van der Waals surface area (Å²) in [6.07, 6.45) is 0.185. The van der Waals surface area contributed by atoms with Gasteiger partial charge in [0, 0.05) is 10.7 Å². The maximum atomic E-state index is 11.3. The summed E-state index contributed by atoms with van der Waals surface area (Å²) in [5, 5.41) is 0.0741. The van der Waals surface area contributed by atoms with E-state index < -0.39 is 11.3 Å². The highest BCUT2D eigenvalue weighted by molar-refractivity contribution is 6.66. The first-order valence-electron chi connectivity index (χ1n) is 4.36. The molecule has 5 heteroatoms. The van der Waals surface area contributed by atoms with Crippen molar-refractivity contribution in [3.8, 4) is 0 Å². The minimum Gasteiger partial charge on any atom is -0.300 e. The summed E-state index contributed by atoms with van der Waals surface area (Å²) in [4.78, 5) is 23.7. The number of nitrogens with zero attached hydrogens (tertiary/aromatic N) is 1. The quantitative estimate of drug-likeness (QED) is 0.590. The molecule has 15 heavy (non-hydrogen) atoms. The van der Waals surface area contributed by atoms with Crippen molar-refractivity contribution >= 4 is 40.0 Å². The second kappa shape index (κ2) is 3.83. The summed E-state index contributed by atoms with van der Waals surface area (Å²) in [5.41, 5.74) is 0.648. The van der Waals surface area contributed by atoms with Crippen molar-refractivity contribution in [2.75, 3.05) is 4.90 Å². The van der Waals surface area contributed by atoms with E-state index >= 15 is 0 Å². The molecule has 1 saturated heterocycles. The number of halogens is 2. The van der Waals surface area contributed by atoms with Gasteiger partial charge in [-0.25, -0.2) is 0 Å². The molecule has 0 bridgehead atoms. The van der Waals surface area contributed by atoms with Gasteiger partial charge in [0.1, 0.15) is 6.04 Å². The lowest BCUT2D eigenvalue weighted by Gasteiger charge is -2.37. The second-order valence-corrected chi connectivity index (χ2v) is 4.07. The third-order valence-corrected chi connectivity index (χ3v) is 2.82. The molecule has 1 amide bonds. The zero-order chi connectivity index (χ0) is 11.0. The van der Waals surface area contributed by atoms with Gasteiger partial charge in [-0.2, -0.15) is 0 Å². The molecule has 0 N–H and O–H groups in total. The summed E-state index contributed by atoms with van der Waals surface area (Å²) < 4.78 is 0. The van der Waals surface area contributed by atoms with Crippen LogP contribution in [0.5, 0.6) is 0 Å². The lowest BCUT2D eigenvalue weighted by molar-refractivity contribution is -0.129. The molecule has 1 atom stereocenters. The van der Waals surface area contributed by atoms with Crippen LogP contribution in [0.1, 0.15) is 6.42 Å². The van der Waals surface area contributed by atoms with Gasteiger partial charge in [-0.1, -0.05) is 11.6 Å². The van der Waals surface area contributed by atoms with E-state index in [1.165, 1.54) is 4.90 Å².